The van der Waals surface area contributed by atoms with Gasteiger partial charge in [0.2, 0.25) is 5.91 Å². The number of thioether (sulfide) groups is 1. The standard InChI is InChI=1S/C26H23Cl2N3O2S2/c1-13-7-14(2)23(15(3)8-13)31-25(33)16(4)34-26-30-21-6-5-19(11-22(21)35-26)29-12-17-9-18(27)10-20(28)24(17)32/h5-12,16,32H,1-4H3,(H,31,33)/t16-/m1/s1. The van der Waals surface area contributed by atoms with Gasteiger partial charge in [-0.15, -0.1) is 11.3 Å². The zero-order valence-electron chi connectivity index (χ0n) is 19.5. The van der Waals surface area contributed by atoms with Gasteiger partial charge in [0.25, 0.3) is 0 Å². The van der Waals surface area contributed by atoms with E-state index in [-0.39, 0.29) is 21.9 Å². The second-order valence-corrected chi connectivity index (χ2v) is 11.7. The van der Waals surface area contributed by atoms with E-state index in [0.717, 1.165) is 31.4 Å². The average molecular weight is 545 g/mol. The first-order valence-corrected chi connectivity index (χ1v) is 13.2. The summed E-state index contributed by atoms with van der Waals surface area (Å²) in [6.45, 7) is 7.93. The summed E-state index contributed by atoms with van der Waals surface area (Å²) in [5.74, 6) is -0.129. The van der Waals surface area contributed by atoms with Crippen LogP contribution >= 0.6 is 46.3 Å². The van der Waals surface area contributed by atoms with Crippen LogP contribution in [0.25, 0.3) is 10.2 Å². The Morgan fingerprint density at radius 1 is 1.14 bits per heavy atom. The lowest BCUT2D eigenvalue weighted by molar-refractivity contribution is -0.115. The number of phenols is 1. The van der Waals surface area contributed by atoms with Crippen LogP contribution in [0, 0.1) is 20.8 Å². The van der Waals surface area contributed by atoms with E-state index in [1.807, 2.05) is 45.9 Å². The van der Waals surface area contributed by atoms with Crippen molar-refractivity contribution in [2.24, 2.45) is 4.99 Å². The fourth-order valence-corrected chi connectivity index (χ4v) is 6.41. The molecule has 1 heterocycles. The molecule has 2 N–H and O–H groups in total. The van der Waals surface area contributed by atoms with E-state index in [1.165, 1.54) is 40.9 Å². The van der Waals surface area contributed by atoms with E-state index in [4.69, 9.17) is 23.2 Å². The molecule has 0 bridgehead atoms. The lowest BCUT2D eigenvalue weighted by atomic mass is 10.1. The topological polar surface area (TPSA) is 74.6 Å². The number of nitrogens with zero attached hydrogens (tertiary/aromatic N) is 2. The van der Waals surface area contributed by atoms with Gasteiger partial charge < -0.3 is 10.4 Å². The van der Waals surface area contributed by atoms with E-state index >= 15 is 0 Å². The number of carbonyl (C=O) groups excluding carboxylic acids is 1. The van der Waals surface area contributed by atoms with E-state index in [1.54, 1.807) is 6.07 Å². The van der Waals surface area contributed by atoms with Crippen molar-refractivity contribution in [2.45, 2.75) is 37.3 Å². The molecule has 0 radical (unpaired) electrons. The monoisotopic (exact) mass is 543 g/mol. The molecule has 1 amide bonds. The fourth-order valence-electron chi connectivity index (χ4n) is 3.66. The Kier molecular flexibility index (Phi) is 7.71. The number of hydrogen-bond acceptors (Lipinski definition) is 6. The van der Waals surface area contributed by atoms with Crippen molar-refractivity contribution in [2.75, 3.05) is 5.32 Å². The Balaban J connectivity index is 1.48. The molecule has 0 saturated carbocycles. The number of aliphatic imine (C=N–C) groups is 1. The average Bonchev–Trinajstić information content (AvgIpc) is 3.18. The zero-order valence-corrected chi connectivity index (χ0v) is 22.7. The molecule has 180 valence electrons. The molecule has 0 spiro atoms. The number of thiazole rings is 1. The smallest absolute Gasteiger partial charge is 0.237 e. The van der Waals surface area contributed by atoms with Crippen LogP contribution in [0.4, 0.5) is 11.4 Å². The first-order chi connectivity index (χ1) is 16.6. The number of carbonyl (C=O) groups is 1. The van der Waals surface area contributed by atoms with Crippen molar-refractivity contribution < 1.29 is 9.90 Å². The molecule has 3 aromatic carbocycles. The molecule has 1 atom stereocenters. The molecular weight excluding hydrogens is 521 g/mol. The van der Waals surface area contributed by atoms with Crippen LogP contribution in [0.15, 0.2) is 51.8 Å². The van der Waals surface area contributed by atoms with Gasteiger partial charge >= 0.3 is 0 Å². The summed E-state index contributed by atoms with van der Waals surface area (Å²) in [5, 5.41) is 13.5. The predicted molar refractivity (Wildman–Crippen MR) is 150 cm³/mol. The fraction of sp³-hybridized carbons (Fsp3) is 0.192. The van der Waals surface area contributed by atoms with Crippen LogP contribution < -0.4 is 5.32 Å². The summed E-state index contributed by atoms with van der Waals surface area (Å²) >= 11 is 14.9. The normalized spacial score (nSPS) is 12.4. The van der Waals surface area contributed by atoms with Crippen LogP contribution in [0.2, 0.25) is 10.0 Å². The summed E-state index contributed by atoms with van der Waals surface area (Å²) < 4.78 is 1.76. The molecule has 0 fully saturated rings. The number of halogens is 2. The summed E-state index contributed by atoms with van der Waals surface area (Å²) in [4.78, 5) is 22.0. The highest BCUT2D eigenvalue weighted by Gasteiger charge is 2.19. The number of benzene rings is 3. The Hall–Kier alpha value is -2.58. The second kappa shape index (κ2) is 10.6. The minimum Gasteiger partial charge on any atom is -0.506 e. The third-order valence-electron chi connectivity index (χ3n) is 5.33. The molecule has 0 saturated heterocycles. The number of nitrogens with one attached hydrogen (secondary N) is 1. The molecule has 1 aromatic heterocycles. The Morgan fingerprint density at radius 2 is 1.86 bits per heavy atom. The number of hydrogen-bond donors (Lipinski definition) is 2. The SMILES string of the molecule is Cc1cc(C)c(NC(=O)[C@@H](C)Sc2nc3ccc(N=Cc4cc(Cl)cc(Cl)c4O)cc3s2)c(C)c1. The van der Waals surface area contributed by atoms with Gasteiger partial charge in [0.05, 0.1) is 26.2 Å². The second-order valence-electron chi connectivity index (χ2n) is 8.24. The number of anilines is 1. The van der Waals surface area contributed by atoms with E-state index < -0.39 is 0 Å². The van der Waals surface area contributed by atoms with Gasteiger partial charge in [-0.1, -0.05) is 52.7 Å². The van der Waals surface area contributed by atoms with Gasteiger partial charge in [-0.3, -0.25) is 9.79 Å². The van der Waals surface area contributed by atoms with Crippen molar-refractivity contribution in [3.63, 3.8) is 0 Å². The lowest BCUT2D eigenvalue weighted by Crippen LogP contribution is -2.23. The number of amides is 1. The number of fused-ring (bicyclic) bond motifs is 1. The Morgan fingerprint density at radius 3 is 2.57 bits per heavy atom. The van der Waals surface area contributed by atoms with Crippen LogP contribution in [0.5, 0.6) is 5.75 Å². The number of phenolic OH excluding ortho intramolecular Hbond substituents is 1. The van der Waals surface area contributed by atoms with Crippen molar-refractivity contribution in [1.82, 2.24) is 4.98 Å². The van der Waals surface area contributed by atoms with Crippen LogP contribution in [0.1, 0.15) is 29.2 Å². The minimum atomic E-state index is -0.316. The molecular formula is C26H23Cl2N3O2S2. The molecule has 0 unspecified atom stereocenters. The van der Waals surface area contributed by atoms with Gasteiger partial charge in [-0.05, 0) is 69.2 Å². The van der Waals surface area contributed by atoms with E-state index in [0.29, 0.717) is 16.3 Å². The maximum atomic E-state index is 12.9. The van der Waals surface area contributed by atoms with E-state index in [2.05, 4.69) is 27.4 Å². The van der Waals surface area contributed by atoms with Crippen molar-refractivity contribution in [3.05, 3.63) is 74.8 Å². The van der Waals surface area contributed by atoms with Crippen molar-refractivity contribution >= 4 is 80.0 Å². The quantitative estimate of drug-likeness (QED) is 0.190. The maximum Gasteiger partial charge on any atom is 0.237 e. The molecule has 0 aliphatic heterocycles. The Bertz CT molecular complexity index is 1440. The van der Waals surface area contributed by atoms with Gasteiger partial charge in [0.15, 0.2) is 4.34 Å². The van der Waals surface area contributed by atoms with Crippen molar-refractivity contribution in [1.29, 1.82) is 0 Å². The number of aromatic nitrogens is 1. The maximum absolute atomic E-state index is 12.9. The molecule has 9 heteroatoms. The van der Waals surface area contributed by atoms with Crippen LogP contribution in [-0.2, 0) is 4.79 Å². The van der Waals surface area contributed by atoms with E-state index in [9.17, 15) is 9.90 Å². The summed E-state index contributed by atoms with van der Waals surface area (Å²) in [6, 6.07) is 12.8. The third-order valence-corrected chi connectivity index (χ3v) is 8.05. The molecule has 0 aliphatic carbocycles. The summed E-state index contributed by atoms with van der Waals surface area (Å²) in [5.41, 5.74) is 6.11. The highest BCUT2D eigenvalue weighted by Crippen LogP contribution is 2.35. The summed E-state index contributed by atoms with van der Waals surface area (Å²) in [6.07, 6.45) is 1.52. The highest BCUT2D eigenvalue weighted by atomic mass is 35.5. The first-order valence-electron chi connectivity index (χ1n) is 10.8. The van der Waals surface area contributed by atoms with Crippen LogP contribution in [-0.4, -0.2) is 27.5 Å². The lowest BCUT2D eigenvalue weighted by Gasteiger charge is -2.15. The van der Waals surface area contributed by atoms with Crippen LogP contribution in [0.3, 0.4) is 0 Å². The molecule has 4 rings (SSSR count). The minimum absolute atomic E-state index is 0.0606. The molecule has 5 nitrogen and oxygen atoms in total. The first kappa shape index (κ1) is 25.5. The number of rotatable bonds is 6. The molecule has 4 aromatic rings. The van der Waals surface area contributed by atoms with Gasteiger partial charge in [-0.2, -0.15) is 0 Å². The highest BCUT2D eigenvalue weighted by molar-refractivity contribution is 8.02. The number of aryl methyl sites for hydroxylation is 3. The van der Waals surface area contributed by atoms with Gasteiger partial charge in [-0.25, -0.2) is 4.98 Å². The molecule has 35 heavy (non-hydrogen) atoms. The number of aromatic hydroxyl groups is 1. The third kappa shape index (κ3) is 5.98. The molecule has 0 aliphatic rings. The Labute approximate surface area is 222 Å². The largest absolute Gasteiger partial charge is 0.506 e. The summed E-state index contributed by atoms with van der Waals surface area (Å²) in [7, 11) is 0. The van der Waals surface area contributed by atoms with Crippen molar-refractivity contribution in [3.8, 4) is 5.75 Å². The predicted octanol–water partition coefficient (Wildman–Crippen LogP) is 8.10. The van der Waals surface area contributed by atoms with Gasteiger partial charge in [0.1, 0.15) is 5.75 Å². The van der Waals surface area contributed by atoms with Gasteiger partial charge in [0, 0.05) is 22.5 Å². The zero-order chi connectivity index (χ0) is 25.3.